The number of carbonyl (C=O) groups excluding carboxylic acids is 2. The smallest absolute Gasteiger partial charge is 0.290 e. The SMILES string of the molecule is CCCCCCOc1ccc(C2C(C(=O)c3sc(C)nc3C)=C(O)C(=O)N2CCCOC)cc1. The topological polar surface area (TPSA) is 89.0 Å². The second-order valence-electron chi connectivity index (χ2n) is 8.46. The predicted molar refractivity (Wildman–Crippen MR) is 133 cm³/mol. The highest BCUT2D eigenvalue weighted by Crippen LogP contribution is 2.40. The van der Waals surface area contributed by atoms with Crippen molar-refractivity contribution < 1.29 is 24.2 Å². The minimum Gasteiger partial charge on any atom is -0.503 e. The maximum absolute atomic E-state index is 13.5. The van der Waals surface area contributed by atoms with Gasteiger partial charge in [0, 0.05) is 20.3 Å². The molecular weight excluding hydrogens is 452 g/mol. The quantitative estimate of drug-likeness (QED) is 0.304. The lowest BCUT2D eigenvalue weighted by Gasteiger charge is -2.27. The van der Waals surface area contributed by atoms with E-state index in [-0.39, 0.29) is 11.4 Å². The van der Waals surface area contributed by atoms with Gasteiger partial charge in [-0.05, 0) is 44.4 Å². The number of ketones is 1. The number of hydrogen-bond donors (Lipinski definition) is 1. The van der Waals surface area contributed by atoms with E-state index in [0.29, 0.717) is 36.8 Å². The van der Waals surface area contributed by atoms with Gasteiger partial charge in [0.25, 0.3) is 5.91 Å². The first kappa shape index (κ1) is 25.9. The van der Waals surface area contributed by atoms with Crippen molar-refractivity contribution in [3.05, 3.63) is 56.7 Å². The first-order valence-corrected chi connectivity index (χ1v) is 12.6. The number of benzene rings is 1. The number of unbranched alkanes of at least 4 members (excludes halogenated alkanes) is 3. The van der Waals surface area contributed by atoms with Gasteiger partial charge in [0.1, 0.15) is 5.75 Å². The third-order valence-electron chi connectivity index (χ3n) is 5.87. The molecule has 0 spiro atoms. The summed E-state index contributed by atoms with van der Waals surface area (Å²) in [5, 5.41) is 11.5. The lowest BCUT2D eigenvalue weighted by atomic mass is 9.95. The molecule has 1 amide bonds. The van der Waals surface area contributed by atoms with Gasteiger partial charge in [0.2, 0.25) is 5.78 Å². The van der Waals surface area contributed by atoms with E-state index < -0.39 is 17.7 Å². The molecule has 2 aromatic rings. The standard InChI is InChI=1S/C26H34N2O5S/c1-5-6-7-8-16-33-20-12-10-19(11-13-20)22-21(23(29)25-17(2)27-18(3)34-25)24(30)26(31)28(22)14-9-15-32-4/h10-13,22,30H,5-9,14-16H2,1-4H3. The van der Waals surface area contributed by atoms with E-state index in [9.17, 15) is 14.7 Å². The van der Waals surface area contributed by atoms with Crippen LogP contribution in [0.2, 0.25) is 0 Å². The van der Waals surface area contributed by atoms with Crippen molar-refractivity contribution in [2.75, 3.05) is 26.9 Å². The molecule has 1 aliphatic rings. The maximum Gasteiger partial charge on any atom is 0.290 e. The lowest BCUT2D eigenvalue weighted by molar-refractivity contribution is -0.129. The van der Waals surface area contributed by atoms with Crippen molar-refractivity contribution in [1.82, 2.24) is 9.88 Å². The van der Waals surface area contributed by atoms with Crippen LogP contribution in [0.3, 0.4) is 0 Å². The highest BCUT2D eigenvalue weighted by Gasteiger charge is 2.44. The van der Waals surface area contributed by atoms with Gasteiger partial charge in [-0.25, -0.2) is 4.98 Å². The number of aromatic nitrogens is 1. The largest absolute Gasteiger partial charge is 0.503 e. The molecule has 34 heavy (non-hydrogen) atoms. The molecule has 0 fully saturated rings. The molecule has 0 bridgehead atoms. The molecule has 1 aromatic carbocycles. The summed E-state index contributed by atoms with van der Waals surface area (Å²) in [6, 6.07) is 6.75. The normalized spacial score (nSPS) is 15.9. The Balaban J connectivity index is 1.88. The number of amides is 1. The van der Waals surface area contributed by atoms with Crippen LogP contribution in [0.4, 0.5) is 0 Å². The molecule has 1 aromatic heterocycles. The molecule has 1 atom stereocenters. The molecule has 0 saturated carbocycles. The molecule has 0 saturated heterocycles. The Morgan fingerprint density at radius 1 is 1.12 bits per heavy atom. The van der Waals surface area contributed by atoms with Crippen molar-refractivity contribution in [2.24, 2.45) is 0 Å². The molecule has 1 unspecified atom stereocenters. The second-order valence-corrected chi connectivity index (χ2v) is 9.67. The van der Waals surface area contributed by atoms with Crippen LogP contribution in [-0.4, -0.2) is 53.5 Å². The number of methoxy groups -OCH3 is 1. The Kier molecular flexibility index (Phi) is 9.24. The Labute approximate surface area is 205 Å². The average molecular weight is 487 g/mol. The van der Waals surface area contributed by atoms with Crippen LogP contribution in [0.15, 0.2) is 35.6 Å². The summed E-state index contributed by atoms with van der Waals surface area (Å²) < 4.78 is 11.0. The first-order valence-electron chi connectivity index (χ1n) is 11.8. The molecular formula is C26H34N2O5S. The average Bonchev–Trinajstić information content (AvgIpc) is 3.29. The fraction of sp³-hybridized carbons (Fsp3) is 0.500. The highest BCUT2D eigenvalue weighted by molar-refractivity contribution is 7.14. The van der Waals surface area contributed by atoms with Gasteiger partial charge < -0.3 is 19.5 Å². The van der Waals surface area contributed by atoms with Crippen molar-refractivity contribution in [3.8, 4) is 5.75 Å². The fourth-order valence-electron chi connectivity index (χ4n) is 4.17. The van der Waals surface area contributed by atoms with E-state index in [0.717, 1.165) is 29.2 Å². The Bertz CT molecular complexity index is 1030. The third kappa shape index (κ3) is 5.85. The summed E-state index contributed by atoms with van der Waals surface area (Å²) in [6.45, 7) is 7.25. The molecule has 2 heterocycles. The van der Waals surface area contributed by atoms with Crippen LogP contribution in [0.1, 0.15) is 71.0 Å². The third-order valence-corrected chi connectivity index (χ3v) is 6.94. The van der Waals surface area contributed by atoms with E-state index in [4.69, 9.17) is 9.47 Å². The summed E-state index contributed by atoms with van der Waals surface area (Å²) >= 11 is 1.27. The number of hydrogen-bond acceptors (Lipinski definition) is 7. The monoisotopic (exact) mass is 486 g/mol. The van der Waals surface area contributed by atoms with E-state index in [1.165, 1.54) is 24.2 Å². The minimum atomic E-state index is -0.683. The molecule has 0 radical (unpaired) electrons. The number of thiazole rings is 1. The van der Waals surface area contributed by atoms with Crippen LogP contribution >= 0.6 is 11.3 Å². The summed E-state index contributed by atoms with van der Waals surface area (Å²) in [5.41, 5.74) is 1.45. The predicted octanol–water partition coefficient (Wildman–Crippen LogP) is 5.33. The molecule has 1 aliphatic heterocycles. The van der Waals surface area contributed by atoms with Crippen LogP contribution in [0.5, 0.6) is 5.75 Å². The number of ether oxygens (including phenoxy) is 2. The van der Waals surface area contributed by atoms with Crippen LogP contribution in [0.25, 0.3) is 0 Å². The molecule has 0 aliphatic carbocycles. The van der Waals surface area contributed by atoms with Crippen LogP contribution < -0.4 is 4.74 Å². The van der Waals surface area contributed by atoms with Gasteiger partial charge in [-0.1, -0.05) is 38.3 Å². The van der Waals surface area contributed by atoms with Gasteiger partial charge in [-0.3, -0.25) is 9.59 Å². The minimum absolute atomic E-state index is 0.0994. The zero-order valence-corrected chi connectivity index (χ0v) is 21.2. The Morgan fingerprint density at radius 3 is 2.47 bits per heavy atom. The van der Waals surface area contributed by atoms with E-state index in [1.54, 1.807) is 18.9 Å². The number of Topliss-reactive ketones (excluding diaryl/α,β-unsaturated/α-hetero) is 1. The summed E-state index contributed by atoms with van der Waals surface area (Å²) in [4.78, 5) is 32.9. The van der Waals surface area contributed by atoms with E-state index in [2.05, 4.69) is 11.9 Å². The van der Waals surface area contributed by atoms with Crippen molar-refractivity contribution in [2.45, 2.75) is 58.9 Å². The van der Waals surface area contributed by atoms with Gasteiger partial charge in [-0.15, -0.1) is 11.3 Å². The van der Waals surface area contributed by atoms with Crippen molar-refractivity contribution in [1.29, 1.82) is 0 Å². The number of aliphatic hydroxyl groups excluding tert-OH is 1. The van der Waals surface area contributed by atoms with E-state index >= 15 is 0 Å². The van der Waals surface area contributed by atoms with Gasteiger partial charge >= 0.3 is 0 Å². The molecule has 184 valence electrons. The van der Waals surface area contributed by atoms with Crippen molar-refractivity contribution >= 4 is 23.0 Å². The van der Waals surface area contributed by atoms with Gasteiger partial charge in [-0.2, -0.15) is 0 Å². The second kappa shape index (κ2) is 12.1. The zero-order chi connectivity index (χ0) is 24.7. The Hall–Kier alpha value is -2.71. The van der Waals surface area contributed by atoms with Gasteiger partial charge in [0.15, 0.2) is 5.76 Å². The highest BCUT2D eigenvalue weighted by atomic mass is 32.1. The summed E-state index contributed by atoms with van der Waals surface area (Å²) in [5.74, 6) is -0.649. The van der Waals surface area contributed by atoms with Crippen LogP contribution in [0, 0.1) is 13.8 Å². The number of aliphatic hydroxyl groups is 1. The Morgan fingerprint density at radius 2 is 1.85 bits per heavy atom. The first-order chi connectivity index (χ1) is 16.4. The maximum atomic E-state index is 13.5. The number of rotatable bonds is 13. The number of aryl methyl sites for hydroxylation is 2. The van der Waals surface area contributed by atoms with Gasteiger partial charge in [0.05, 0.1) is 33.8 Å². The van der Waals surface area contributed by atoms with Crippen LogP contribution in [-0.2, 0) is 9.53 Å². The fourth-order valence-corrected chi connectivity index (χ4v) is 5.05. The molecule has 3 rings (SSSR count). The lowest BCUT2D eigenvalue weighted by Crippen LogP contribution is -2.32. The number of carbonyl (C=O) groups is 2. The molecule has 8 heteroatoms. The molecule has 1 N–H and O–H groups in total. The molecule has 7 nitrogen and oxygen atoms in total. The zero-order valence-electron chi connectivity index (χ0n) is 20.4. The van der Waals surface area contributed by atoms with Crippen molar-refractivity contribution in [3.63, 3.8) is 0 Å². The summed E-state index contributed by atoms with van der Waals surface area (Å²) in [6.07, 6.45) is 5.11. The van der Waals surface area contributed by atoms with E-state index in [1.807, 2.05) is 31.2 Å². The number of nitrogens with zero attached hydrogens (tertiary/aromatic N) is 2. The summed E-state index contributed by atoms with van der Waals surface area (Å²) in [7, 11) is 1.60.